The first-order chi connectivity index (χ1) is 13.0. The molecule has 0 aliphatic carbocycles. The van der Waals surface area contributed by atoms with Crippen molar-refractivity contribution in [2.75, 3.05) is 19.0 Å². The molecule has 0 unspecified atom stereocenters. The van der Waals surface area contributed by atoms with Gasteiger partial charge in [-0.1, -0.05) is 24.3 Å². The van der Waals surface area contributed by atoms with Crippen LogP contribution in [0, 0.1) is 0 Å². The first kappa shape index (κ1) is 18.5. The first-order valence-electron chi connectivity index (χ1n) is 7.95. The van der Waals surface area contributed by atoms with E-state index in [-0.39, 0.29) is 10.7 Å². The molecule has 0 radical (unpaired) electrons. The van der Waals surface area contributed by atoms with Gasteiger partial charge in [-0.05, 0) is 36.0 Å². The van der Waals surface area contributed by atoms with Crippen LogP contribution in [0.4, 0.5) is 10.5 Å². The molecule has 7 nitrogen and oxygen atoms in total. The highest BCUT2D eigenvalue weighted by Gasteiger charge is 2.36. The number of carbonyl (C=O) groups excluding carboxylic acids is 3. The number of para-hydroxylation sites is 1. The Labute approximate surface area is 159 Å². The number of phenols is 1. The van der Waals surface area contributed by atoms with Crippen molar-refractivity contribution >= 4 is 40.6 Å². The molecule has 0 atom stereocenters. The number of rotatable bonds is 5. The average Bonchev–Trinajstić information content (AvgIpc) is 2.89. The minimum Gasteiger partial charge on any atom is -0.508 e. The van der Waals surface area contributed by atoms with E-state index in [2.05, 4.69) is 5.32 Å². The Hall–Kier alpha value is -3.26. The van der Waals surface area contributed by atoms with Gasteiger partial charge in [0.15, 0.2) is 0 Å². The minimum absolute atomic E-state index is 0.00120. The summed E-state index contributed by atoms with van der Waals surface area (Å²) in [6.45, 7) is -0.413. The Morgan fingerprint density at radius 1 is 1.22 bits per heavy atom. The molecule has 2 aromatic rings. The zero-order valence-electron chi connectivity index (χ0n) is 14.3. The SMILES string of the molecule is COc1ccccc1/C=C1\SC(=O)N(CC(=O)Nc2cccc(O)c2)C1=O. The molecule has 1 aliphatic rings. The third-order valence-corrected chi connectivity index (χ3v) is 4.64. The van der Waals surface area contributed by atoms with Crippen LogP contribution in [-0.2, 0) is 9.59 Å². The summed E-state index contributed by atoms with van der Waals surface area (Å²) in [4.78, 5) is 37.9. The largest absolute Gasteiger partial charge is 0.508 e. The Morgan fingerprint density at radius 3 is 2.74 bits per heavy atom. The molecule has 3 rings (SSSR count). The van der Waals surface area contributed by atoms with E-state index in [1.54, 1.807) is 42.5 Å². The average molecular weight is 384 g/mol. The van der Waals surface area contributed by atoms with Crippen molar-refractivity contribution < 1.29 is 24.2 Å². The van der Waals surface area contributed by atoms with Crippen molar-refractivity contribution in [3.63, 3.8) is 0 Å². The van der Waals surface area contributed by atoms with Crippen molar-refractivity contribution in [3.05, 3.63) is 59.0 Å². The molecule has 8 heteroatoms. The molecule has 2 N–H and O–H groups in total. The number of phenolic OH excluding ortho intramolecular Hbond substituents is 1. The molecule has 27 heavy (non-hydrogen) atoms. The van der Waals surface area contributed by atoms with Crippen LogP contribution in [0.5, 0.6) is 11.5 Å². The summed E-state index contributed by atoms with van der Waals surface area (Å²) in [5, 5.41) is 11.4. The number of carbonyl (C=O) groups is 3. The van der Waals surface area contributed by atoms with Gasteiger partial charge in [-0.3, -0.25) is 19.3 Å². The molecule has 1 saturated heterocycles. The number of anilines is 1. The molecular weight excluding hydrogens is 368 g/mol. The zero-order chi connectivity index (χ0) is 19.4. The van der Waals surface area contributed by atoms with Crippen LogP contribution in [0.15, 0.2) is 53.4 Å². The second-order valence-corrected chi connectivity index (χ2v) is 6.60. The van der Waals surface area contributed by atoms with Gasteiger partial charge in [-0.25, -0.2) is 0 Å². The molecule has 0 spiro atoms. The first-order valence-corrected chi connectivity index (χ1v) is 8.77. The highest BCUT2D eigenvalue weighted by atomic mass is 32.2. The third-order valence-electron chi connectivity index (χ3n) is 3.73. The predicted molar refractivity (Wildman–Crippen MR) is 102 cm³/mol. The highest BCUT2D eigenvalue weighted by molar-refractivity contribution is 8.18. The van der Waals surface area contributed by atoms with E-state index in [1.807, 2.05) is 0 Å². The van der Waals surface area contributed by atoms with Gasteiger partial charge in [0.25, 0.3) is 11.1 Å². The van der Waals surface area contributed by atoms with Gasteiger partial charge in [0.05, 0.1) is 12.0 Å². The van der Waals surface area contributed by atoms with Crippen LogP contribution >= 0.6 is 11.8 Å². The zero-order valence-corrected chi connectivity index (χ0v) is 15.2. The van der Waals surface area contributed by atoms with E-state index >= 15 is 0 Å². The standard InChI is InChI=1S/C19H16N2O5S/c1-26-15-8-3-2-5-12(15)9-16-18(24)21(19(25)27-16)11-17(23)20-13-6-4-7-14(22)10-13/h2-10,22H,11H2,1H3,(H,20,23)/b16-9-. The van der Waals surface area contributed by atoms with Gasteiger partial charge < -0.3 is 15.2 Å². The van der Waals surface area contributed by atoms with E-state index in [0.717, 1.165) is 16.7 Å². The summed E-state index contributed by atoms with van der Waals surface area (Å²) in [5.74, 6) is -0.506. The minimum atomic E-state index is -0.540. The molecule has 1 aliphatic heterocycles. The normalized spacial score (nSPS) is 15.3. The fourth-order valence-corrected chi connectivity index (χ4v) is 3.32. The fraction of sp³-hybridized carbons (Fsp3) is 0.105. The lowest BCUT2D eigenvalue weighted by atomic mass is 10.2. The third kappa shape index (κ3) is 4.29. The summed E-state index contributed by atoms with van der Waals surface area (Å²) in [6.07, 6.45) is 1.57. The maximum Gasteiger partial charge on any atom is 0.294 e. The number of amides is 3. The molecule has 0 bridgehead atoms. The van der Waals surface area contributed by atoms with Gasteiger partial charge in [0, 0.05) is 17.3 Å². The number of hydrogen-bond donors (Lipinski definition) is 2. The van der Waals surface area contributed by atoms with Crippen LogP contribution < -0.4 is 10.1 Å². The summed E-state index contributed by atoms with van der Waals surface area (Å²) in [7, 11) is 1.52. The van der Waals surface area contributed by atoms with E-state index in [1.165, 1.54) is 19.2 Å². The van der Waals surface area contributed by atoms with E-state index in [9.17, 15) is 19.5 Å². The van der Waals surface area contributed by atoms with Crippen LogP contribution in [-0.4, -0.2) is 40.7 Å². The van der Waals surface area contributed by atoms with Crippen LogP contribution in [0.1, 0.15) is 5.56 Å². The number of thioether (sulfide) groups is 1. The van der Waals surface area contributed by atoms with Crippen molar-refractivity contribution in [2.45, 2.75) is 0 Å². The lowest BCUT2D eigenvalue weighted by Crippen LogP contribution is -2.36. The van der Waals surface area contributed by atoms with E-state index in [0.29, 0.717) is 17.0 Å². The van der Waals surface area contributed by atoms with E-state index in [4.69, 9.17) is 4.74 Å². The van der Waals surface area contributed by atoms with Crippen LogP contribution in [0.25, 0.3) is 6.08 Å². The number of benzene rings is 2. The Kier molecular flexibility index (Phi) is 5.46. The van der Waals surface area contributed by atoms with Gasteiger partial charge in [-0.2, -0.15) is 0 Å². The van der Waals surface area contributed by atoms with Crippen molar-refractivity contribution in [1.82, 2.24) is 4.90 Å². The maximum atomic E-state index is 12.5. The number of ether oxygens (including phenoxy) is 1. The maximum absolute atomic E-state index is 12.5. The molecular formula is C19H16N2O5S. The van der Waals surface area contributed by atoms with Crippen LogP contribution in [0.2, 0.25) is 0 Å². The lowest BCUT2D eigenvalue weighted by Gasteiger charge is -2.12. The lowest BCUT2D eigenvalue weighted by molar-refractivity contribution is -0.127. The number of hydrogen-bond acceptors (Lipinski definition) is 6. The Bertz CT molecular complexity index is 941. The molecule has 3 amide bonds. The monoisotopic (exact) mass is 384 g/mol. The second-order valence-electron chi connectivity index (χ2n) is 5.61. The molecule has 138 valence electrons. The van der Waals surface area contributed by atoms with E-state index < -0.39 is 23.6 Å². The van der Waals surface area contributed by atoms with Gasteiger partial charge in [0.1, 0.15) is 18.0 Å². The molecule has 0 aromatic heterocycles. The summed E-state index contributed by atoms with van der Waals surface area (Å²) < 4.78 is 5.24. The number of nitrogens with zero attached hydrogens (tertiary/aromatic N) is 1. The van der Waals surface area contributed by atoms with Crippen LogP contribution in [0.3, 0.4) is 0 Å². The molecule has 0 saturated carbocycles. The van der Waals surface area contributed by atoms with Crippen molar-refractivity contribution in [2.24, 2.45) is 0 Å². The van der Waals surface area contributed by atoms with Crippen molar-refractivity contribution in [1.29, 1.82) is 0 Å². The predicted octanol–water partition coefficient (Wildman–Crippen LogP) is 3.08. The smallest absolute Gasteiger partial charge is 0.294 e. The number of imide groups is 1. The highest BCUT2D eigenvalue weighted by Crippen LogP contribution is 2.33. The summed E-state index contributed by atoms with van der Waals surface area (Å²) in [6, 6.07) is 13.1. The topological polar surface area (TPSA) is 95.9 Å². The Morgan fingerprint density at radius 2 is 2.00 bits per heavy atom. The second kappa shape index (κ2) is 7.96. The van der Waals surface area contributed by atoms with Gasteiger partial charge >= 0.3 is 0 Å². The number of methoxy groups -OCH3 is 1. The quantitative estimate of drug-likeness (QED) is 0.769. The van der Waals surface area contributed by atoms with Gasteiger partial charge in [-0.15, -0.1) is 0 Å². The molecule has 2 aromatic carbocycles. The Balaban J connectivity index is 1.72. The number of nitrogens with one attached hydrogen (secondary N) is 1. The fourth-order valence-electron chi connectivity index (χ4n) is 2.49. The van der Waals surface area contributed by atoms with Gasteiger partial charge in [0.2, 0.25) is 5.91 Å². The summed E-state index contributed by atoms with van der Waals surface area (Å²) >= 11 is 0.770. The molecule has 1 fully saturated rings. The number of aromatic hydroxyl groups is 1. The molecule has 1 heterocycles. The summed E-state index contributed by atoms with van der Waals surface area (Å²) in [5.41, 5.74) is 1.03. The van der Waals surface area contributed by atoms with Crippen molar-refractivity contribution in [3.8, 4) is 11.5 Å².